The van der Waals surface area contributed by atoms with Crippen molar-refractivity contribution >= 4 is 11.6 Å². The maximum atomic E-state index is 13.7. The van der Waals surface area contributed by atoms with Crippen LogP contribution in [0, 0.1) is 5.92 Å². The summed E-state index contributed by atoms with van der Waals surface area (Å²) in [7, 11) is 4.76. The predicted octanol–water partition coefficient (Wildman–Crippen LogP) is 5.59. The molecule has 0 bridgehead atoms. The zero-order chi connectivity index (χ0) is 23.1. The van der Waals surface area contributed by atoms with Crippen molar-refractivity contribution in [3.63, 3.8) is 0 Å². The normalized spacial score (nSPS) is 12.5. The van der Waals surface area contributed by atoms with Gasteiger partial charge in [0.1, 0.15) is 17.2 Å². The van der Waals surface area contributed by atoms with Crippen LogP contribution in [0.2, 0.25) is 0 Å². The van der Waals surface area contributed by atoms with Gasteiger partial charge >= 0.3 is 0 Å². The van der Waals surface area contributed by atoms with Crippen LogP contribution in [0.4, 0.5) is 0 Å². The van der Waals surface area contributed by atoms with Gasteiger partial charge in [-0.15, -0.1) is 0 Å². The first kappa shape index (κ1) is 23.1. The summed E-state index contributed by atoms with van der Waals surface area (Å²) in [6.45, 7) is 1.93. The van der Waals surface area contributed by atoms with Crippen molar-refractivity contribution in [2.24, 2.45) is 5.92 Å². The average Bonchev–Trinajstić information content (AvgIpc) is 2.86. The van der Waals surface area contributed by atoms with Crippen LogP contribution in [0.15, 0.2) is 72.8 Å². The van der Waals surface area contributed by atoms with Gasteiger partial charge in [-0.3, -0.25) is 9.59 Å². The Hall–Kier alpha value is -3.60. The summed E-state index contributed by atoms with van der Waals surface area (Å²) >= 11 is 0. The maximum absolute atomic E-state index is 13.7. The molecule has 3 aromatic carbocycles. The third-order valence-electron chi connectivity index (χ3n) is 5.69. The Balaban J connectivity index is 2.03. The molecule has 0 aliphatic rings. The zero-order valence-electron chi connectivity index (χ0n) is 18.8. The van der Waals surface area contributed by atoms with Crippen LogP contribution in [-0.4, -0.2) is 32.9 Å². The fraction of sp³-hybridized carbons (Fsp3) is 0.259. The number of carbonyl (C=O) groups excluding carboxylic acids is 2. The summed E-state index contributed by atoms with van der Waals surface area (Å²) in [6.07, 6.45) is 0.517. The van der Waals surface area contributed by atoms with Crippen molar-refractivity contribution in [3.05, 3.63) is 89.5 Å². The van der Waals surface area contributed by atoms with E-state index in [4.69, 9.17) is 14.2 Å². The molecule has 5 nitrogen and oxygen atoms in total. The monoisotopic (exact) mass is 432 g/mol. The summed E-state index contributed by atoms with van der Waals surface area (Å²) in [4.78, 5) is 27.2. The Morgan fingerprint density at radius 1 is 0.625 bits per heavy atom. The second-order valence-corrected chi connectivity index (χ2v) is 7.45. The number of ketones is 2. The number of hydrogen-bond acceptors (Lipinski definition) is 5. The zero-order valence-corrected chi connectivity index (χ0v) is 18.8. The molecule has 5 heteroatoms. The molecule has 0 N–H and O–H groups in total. The lowest BCUT2D eigenvalue weighted by atomic mass is 9.75. The first-order valence-electron chi connectivity index (χ1n) is 10.5. The van der Waals surface area contributed by atoms with E-state index in [9.17, 15) is 9.59 Å². The molecule has 0 saturated carbocycles. The summed E-state index contributed by atoms with van der Waals surface area (Å²) in [5.41, 5.74) is 1.87. The molecule has 0 radical (unpaired) electrons. The average molecular weight is 433 g/mol. The Labute approximate surface area is 188 Å². The molecule has 0 spiro atoms. The van der Waals surface area contributed by atoms with Crippen LogP contribution in [0.3, 0.4) is 0 Å². The van der Waals surface area contributed by atoms with E-state index in [0.29, 0.717) is 34.8 Å². The second kappa shape index (κ2) is 10.6. The SMILES string of the molecule is CCC(C(=O)c1ccc(OC)cc1)C(C(=O)c1ccc(OC)cc1)c1ccc(OC)cc1. The molecule has 3 rings (SSSR count). The van der Waals surface area contributed by atoms with E-state index < -0.39 is 11.8 Å². The highest BCUT2D eigenvalue weighted by atomic mass is 16.5. The molecule has 166 valence electrons. The fourth-order valence-electron chi connectivity index (χ4n) is 3.85. The highest BCUT2D eigenvalue weighted by Crippen LogP contribution is 2.35. The lowest BCUT2D eigenvalue weighted by molar-refractivity contribution is 0.0816. The highest BCUT2D eigenvalue weighted by molar-refractivity contribution is 6.07. The van der Waals surface area contributed by atoms with E-state index in [-0.39, 0.29) is 11.6 Å². The first-order chi connectivity index (χ1) is 15.5. The van der Waals surface area contributed by atoms with E-state index >= 15 is 0 Å². The third-order valence-corrected chi connectivity index (χ3v) is 5.69. The molecule has 2 atom stereocenters. The fourth-order valence-corrected chi connectivity index (χ4v) is 3.85. The molecule has 0 amide bonds. The van der Waals surface area contributed by atoms with Gasteiger partial charge < -0.3 is 14.2 Å². The maximum Gasteiger partial charge on any atom is 0.171 e. The van der Waals surface area contributed by atoms with Crippen molar-refractivity contribution in [2.45, 2.75) is 19.3 Å². The number of benzene rings is 3. The number of ether oxygens (including phenoxy) is 3. The summed E-state index contributed by atoms with van der Waals surface area (Å²) in [5.74, 6) is 0.711. The van der Waals surface area contributed by atoms with Crippen molar-refractivity contribution in [1.29, 1.82) is 0 Å². The Morgan fingerprint density at radius 2 is 1.00 bits per heavy atom. The van der Waals surface area contributed by atoms with Crippen LogP contribution in [-0.2, 0) is 0 Å². The van der Waals surface area contributed by atoms with Crippen LogP contribution in [0.5, 0.6) is 17.2 Å². The number of carbonyl (C=O) groups is 2. The molecule has 0 heterocycles. The van der Waals surface area contributed by atoms with Crippen LogP contribution < -0.4 is 14.2 Å². The summed E-state index contributed by atoms with van der Waals surface area (Å²) in [5, 5.41) is 0. The predicted molar refractivity (Wildman–Crippen MR) is 124 cm³/mol. The molecule has 0 saturated heterocycles. The lowest BCUT2D eigenvalue weighted by Crippen LogP contribution is -2.28. The van der Waals surface area contributed by atoms with Crippen molar-refractivity contribution < 1.29 is 23.8 Å². The number of hydrogen-bond donors (Lipinski definition) is 0. The number of rotatable bonds is 10. The summed E-state index contributed by atoms with van der Waals surface area (Å²) < 4.78 is 15.7. The minimum atomic E-state index is -0.631. The molecule has 0 aliphatic carbocycles. The van der Waals surface area contributed by atoms with Crippen LogP contribution in [0.25, 0.3) is 0 Å². The molecule has 0 aliphatic heterocycles. The van der Waals surface area contributed by atoms with Gasteiger partial charge in [-0.05, 0) is 72.6 Å². The second-order valence-electron chi connectivity index (χ2n) is 7.45. The summed E-state index contributed by atoms with van der Waals surface area (Å²) in [6, 6.07) is 21.3. The topological polar surface area (TPSA) is 61.8 Å². The minimum absolute atomic E-state index is 0.0715. The van der Waals surface area contributed by atoms with Gasteiger partial charge in [0.2, 0.25) is 0 Å². The first-order valence-corrected chi connectivity index (χ1v) is 10.5. The molecule has 3 aromatic rings. The quantitative estimate of drug-likeness (QED) is 0.391. The molecular formula is C27H28O5. The third kappa shape index (κ3) is 4.99. The Kier molecular flexibility index (Phi) is 7.66. The van der Waals surface area contributed by atoms with E-state index in [1.165, 1.54) is 0 Å². The standard InChI is InChI=1S/C27H28O5/c1-5-24(26(28)19-8-14-22(31-3)15-9-19)25(18-6-12-21(30-2)13-7-18)27(29)20-10-16-23(32-4)17-11-20/h6-17,24-25H,5H2,1-4H3. The van der Waals surface area contributed by atoms with Gasteiger partial charge in [0.15, 0.2) is 11.6 Å². The van der Waals surface area contributed by atoms with Gasteiger partial charge in [0.05, 0.1) is 27.2 Å². The number of methoxy groups -OCH3 is 3. The van der Waals surface area contributed by atoms with Crippen molar-refractivity contribution in [1.82, 2.24) is 0 Å². The van der Waals surface area contributed by atoms with E-state index in [1.54, 1.807) is 69.9 Å². The lowest BCUT2D eigenvalue weighted by Gasteiger charge is -2.25. The molecule has 2 unspecified atom stereocenters. The Bertz CT molecular complexity index is 1040. The number of Topliss-reactive ketones (excluding diaryl/α,β-unsaturated/α-hetero) is 2. The van der Waals surface area contributed by atoms with Gasteiger partial charge in [0, 0.05) is 17.0 Å². The largest absolute Gasteiger partial charge is 0.497 e. The van der Waals surface area contributed by atoms with E-state index in [0.717, 1.165) is 5.56 Å². The van der Waals surface area contributed by atoms with Crippen LogP contribution in [0.1, 0.15) is 45.5 Å². The van der Waals surface area contributed by atoms with Gasteiger partial charge in [-0.25, -0.2) is 0 Å². The van der Waals surface area contributed by atoms with Crippen molar-refractivity contribution in [2.75, 3.05) is 21.3 Å². The Morgan fingerprint density at radius 3 is 1.38 bits per heavy atom. The van der Waals surface area contributed by atoms with E-state index in [1.807, 2.05) is 31.2 Å². The molecule has 32 heavy (non-hydrogen) atoms. The van der Waals surface area contributed by atoms with Crippen LogP contribution >= 0.6 is 0 Å². The molecule has 0 aromatic heterocycles. The molecular weight excluding hydrogens is 404 g/mol. The molecule has 0 fully saturated rings. The van der Waals surface area contributed by atoms with Crippen molar-refractivity contribution in [3.8, 4) is 17.2 Å². The highest BCUT2D eigenvalue weighted by Gasteiger charge is 2.34. The van der Waals surface area contributed by atoms with Gasteiger partial charge in [0.25, 0.3) is 0 Å². The van der Waals surface area contributed by atoms with E-state index in [2.05, 4.69) is 0 Å². The van der Waals surface area contributed by atoms with Gasteiger partial charge in [-0.1, -0.05) is 19.1 Å². The minimum Gasteiger partial charge on any atom is -0.497 e. The smallest absolute Gasteiger partial charge is 0.171 e. The van der Waals surface area contributed by atoms with Gasteiger partial charge in [-0.2, -0.15) is 0 Å².